The summed E-state index contributed by atoms with van der Waals surface area (Å²) in [5, 5.41) is 1.96. The van der Waals surface area contributed by atoms with Crippen molar-refractivity contribution in [2.75, 3.05) is 13.2 Å². The fraction of sp³-hybridized carbons (Fsp3) is 0.250. The number of benzene rings is 1. The van der Waals surface area contributed by atoms with Gasteiger partial charge in [-0.3, -0.25) is 4.98 Å². The van der Waals surface area contributed by atoms with Gasteiger partial charge >= 0.3 is 0 Å². The first kappa shape index (κ1) is 20.4. The van der Waals surface area contributed by atoms with Crippen molar-refractivity contribution < 1.29 is 17.5 Å². The zero-order valence-corrected chi connectivity index (χ0v) is 17.0. The van der Waals surface area contributed by atoms with Gasteiger partial charge in [-0.2, -0.15) is 4.31 Å². The Bertz CT molecular complexity index is 994. The highest BCUT2D eigenvalue weighted by atomic mass is 32.2. The number of aromatic nitrogens is 1. The Kier molecular flexibility index (Phi) is 6.77. The molecule has 2 heterocycles. The average Bonchev–Trinajstić information content (AvgIpc) is 3.21. The molecular formula is C20H21FN2O3S2. The van der Waals surface area contributed by atoms with Crippen molar-refractivity contribution in [2.45, 2.75) is 24.8 Å². The summed E-state index contributed by atoms with van der Waals surface area (Å²) in [6, 6.07) is 11.2. The first-order chi connectivity index (χ1) is 13.5. The van der Waals surface area contributed by atoms with E-state index in [0.717, 1.165) is 16.5 Å². The van der Waals surface area contributed by atoms with E-state index in [4.69, 9.17) is 4.74 Å². The Morgan fingerprint density at radius 1 is 1.21 bits per heavy atom. The number of ether oxygens (including phenoxy) is 1. The largest absolute Gasteiger partial charge is 0.491 e. The van der Waals surface area contributed by atoms with Crippen molar-refractivity contribution in [1.29, 1.82) is 0 Å². The molecule has 3 aromatic rings. The lowest BCUT2D eigenvalue weighted by molar-refractivity contribution is 0.321. The van der Waals surface area contributed by atoms with Crippen LogP contribution < -0.4 is 4.74 Å². The number of hydrogen-bond donors (Lipinski definition) is 0. The molecule has 0 aliphatic rings. The van der Waals surface area contributed by atoms with Crippen molar-refractivity contribution in [1.82, 2.24) is 9.29 Å². The van der Waals surface area contributed by atoms with Crippen molar-refractivity contribution in [3.8, 4) is 5.75 Å². The molecule has 0 aliphatic heterocycles. The monoisotopic (exact) mass is 420 g/mol. The first-order valence-electron chi connectivity index (χ1n) is 8.84. The van der Waals surface area contributed by atoms with Crippen LogP contribution in [0.4, 0.5) is 4.39 Å². The molecule has 0 saturated heterocycles. The molecule has 0 atom stereocenters. The smallest absolute Gasteiger partial charge is 0.243 e. The van der Waals surface area contributed by atoms with Gasteiger partial charge in [0, 0.05) is 30.4 Å². The van der Waals surface area contributed by atoms with Gasteiger partial charge in [-0.05, 0) is 54.6 Å². The first-order valence-corrected chi connectivity index (χ1v) is 11.2. The van der Waals surface area contributed by atoms with E-state index in [1.807, 2.05) is 23.6 Å². The molecule has 0 bridgehead atoms. The molecule has 0 amide bonds. The van der Waals surface area contributed by atoms with E-state index in [-0.39, 0.29) is 23.7 Å². The van der Waals surface area contributed by atoms with Gasteiger partial charge in [0.1, 0.15) is 0 Å². The minimum Gasteiger partial charge on any atom is -0.491 e. The van der Waals surface area contributed by atoms with Crippen molar-refractivity contribution in [2.24, 2.45) is 0 Å². The molecule has 1 aromatic carbocycles. The molecule has 5 nitrogen and oxygen atoms in total. The zero-order chi connectivity index (χ0) is 20.0. The summed E-state index contributed by atoms with van der Waals surface area (Å²) in [6.45, 7) is 2.49. The van der Waals surface area contributed by atoms with E-state index < -0.39 is 15.8 Å². The van der Waals surface area contributed by atoms with Crippen LogP contribution >= 0.6 is 11.3 Å². The van der Waals surface area contributed by atoms with Gasteiger partial charge in [0.15, 0.2) is 11.6 Å². The maximum Gasteiger partial charge on any atom is 0.243 e. The van der Waals surface area contributed by atoms with Gasteiger partial charge in [0.2, 0.25) is 10.0 Å². The summed E-state index contributed by atoms with van der Waals surface area (Å²) in [7, 11) is -3.89. The van der Waals surface area contributed by atoms with Crippen LogP contribution in [0.1, 0.15) is 17.4 Å². The van der Waals surface area contributed by atoms with Crippen LogP contribution in [-0.2, 0) is 23.0 Å². The van der Waals surface area contributed by atoms with Crippen LogP contribution in [0.25, 0.3) is 0 Å². The van der Waals surface area contributed by atoms with Gasteiger partial charge in [0.05, 0.1) is 11.5 Å². The Hall–Kier alpha value is -2.29. The quantitative estimate of drug-likeness (QED) is 0.523. The van der Waals surface area contributed by atoms with Crippen LogP contribution in [0.3, 0.4) is 0 Å². The molecule has 0 spiro atoms. The number of pyridine rings is 1. The van der Waals surface area contributed by atoms with Crippen molar-refractivity contribution in [3.63, 3.8) is 0 Å². The molecule has 0 saturated carbocycles. The molecule has 8 heteroatoms. The van der Waals surface area contributed by atoms with Gasteiger partial charge in [0.25, 0.3) is 0 Å². The molecule has 0 radical (unpaired) electrons. The predicted molar refractivity (Wildman–Crippen MR) is 107 cm³/mol. The molecule has 0 unspecified atom stereocenters. The van der Waals surface area contributed by atoms with Crippen LogP contribution in [-0.4, -0.2) is 30.9 Å². The molecule has 0 aliphatic carbocycles. The second-order valence-corrected chi connectivity index (χ2v) is 9.02. The number of hydrogen-bond acceptors (Lipinski definition) is 5. The molecule has 148 valence electrons. The highest BCUT2D eigenvalue weighted by Crippen LogP contribution is 2.25. The Morgan fingerprint density at radius 2 is 2.07 bits per heavy atom. The van der Waals surface area contributed by atoms with E-state index in [2.05, 4.69) is 4.98 Å². The highest BCUT2D eigenvalue weighted by Gasteiger charge is 2.26. The summed E-state index contributed by atoms with van der Waals surface area (Å²) < 4.78 is 47.2. The minimum atomic E-state index is -3.89. The highest BCUT2D eigenvalue weighted by molar-refractivity contribution is 7.89. The molecule has 0 fully saturated rings. The second-order valence-electron chi connectivity index (χ2n) is 6.05. The molecule has 0 N–H and O–H groups in total. The van der Waals surface area contributed by atoms with E-state index >= 15 is 0 Å². The number of halogens is 1. The Morgan fingerprint density at radius 3 is 2.71 bits per heavy atom. The maximum atomic E-state index is 14.3. The predicted octanol–water partition coefficient (Wildman–Crippen LogP) is 4.11. The molecule has 28 heavy (non-hydrogen) atoms. The lowest BCUT2D eigenvalue weighted by Gasteiger charge is -2.22. The standard InChI is InChI=1S/C20H21FN2O3S2/c1-2-26-20-8-7-18(13-19(20)21)28(24,25)23(11-9-17-6-4-12-27-17)15-16-5-3-10-22-14-16/h3-8,10,12-14H,2,9,11,15H2,1H3. The summed E-state index contributed by atoms with van der Waals surface area (Å²) >= 11 is 1.58. The minimum absolute atomic E-state index is 0.0406. The summed E-state index contributed by atoms with van der Waals surface area (Å²) in [4.78, 5) is 5.05. The number of nitrogens with zero attached hydrogens (tertiary/aromatic N) is 2. The zero-order valence-electron chi connectivity index (χ0n) is 15.4. The summed E-state index contributed by atoms with van der Waals surface area (Å²) in [6.07, 6.45) is 3.85. The maximum absolute atomic E-state index is 14.3. The number of thiophene rings is 1. The molecule has 2 aromatic heterocycles. The number of rotatable bonds is 9. The van der Waals surface area contributed by atoms with E-state index in [9.17, 15) is 12.8 Å². The lowest BCUT2D eigenvalue weighted by atomic mass is 10.3. The molecular weight excluding hydrogens is 399 g/mol. The van der Waals surface area contributed by atoms with Crippen molar-refractivity contribution >= 4 is 21.4 Å². The summed E-state index contributed by atoms with van der Waals surface area (Å²) in [5.74, 6) is -0.652. The third-order valence-electron chi connectivity index (χ3n) is 4.11. The van der Waals surface area contributed by atoms with Crippen LogP contribution in [0.2, 0.25) is 0 Å². The summed E-state index contributed by atoms with van der Waals surface area (Å²) in [5.41, 5.74) is 0.767. The van der Waals surface area contributed by atoms with E-state index in [0.29, 0.717) is 13.0 Å². The van der Waals surface area contributed by atoms with Gasteiger partial charge in [-0.15, -0.1) is 11.3 Å². The second kappa shape index (κ2) is 9.27. The van der Waals surface area contributed by atoms with E-state index in [1.165, 1.54) is 16.4 Å². The van der Waals surface area contributed by atoms with Crippen LogP contribution in [0.15, 0.2) is 65.1 Å². The normalized spacial score (nSPS) is 11.7. The lowest BCUT2D eigenvalue weighted by Crippen LogP contribution is -2.32. The van der Waals surface area contributed by atoms with Gasteiger partial charge in [-0.1, -0.05) is 12.1 Å². The Balaban J connectivity index is 1.89. The fourth-order valence-electron chi connectivity index (χ4n) is 2.73. The molecule has 3 rings (SSSR count). The topological polar surface area (TPSA) is 59.5 Å². The van der Waals surface area contributed by atoms with Gasteiger partial charge < -0.3 is 4.74 Å². The van der Waals surface area contributed by atoms with E-state index in [1.54, 1.807) is 36.7 Å². The number of sulfonamides is 1. The third-order valence-corrected chi connectivity index (χ3v) is 6.89. The fourth-order valence-corrected chi connectivity index (χ4v) is 4.87. The Labute approximate surface area is 168 Å². The van der Waals surface area contributed by atoms with Crippen LogP contribution in [0, 0.1) is 5.82 Å². The van der Waals surface area contributed by atoms with Crippen LogP contribution in [0.5, 0.6) is 5.75 Å². The van der Waals surface area contributed by atoms with Gasteiger partial charge in [-0.25, -0.2) is 12.8 Å². The average molecular weight is 421 g/mol. The van der Waals surface area contributed by atoms with Crippen molar-refractivity contribution in [3.05, 3.63) is 76.5 Å². The third kappa shape index (κ3) is 4.95. The SMILES string of the molecule is CCOc1ccc(S(=O)(=O)N(CCc2cccs2)Cc2cccnc2)cc1F.